The van der Waals surface area contributed by atoms with Crippen LogP contribution in [0.5, 0.6) is 0 Å². The average Bonchev–Trinajstić information content (AvgIpc) is 2.38. The monoisotopic (exact) mass is 315 g/mol. The van der Waals surface area contributed by atoms with Crippen molar-refractivity contribution in [2.24, 2.45) is 0 Å². The molecule has 0 bridgehead atoms. The van der Waals surface area contributed by atoms with Crippen LogP contribution in [0.2, 0.25) is 0 Å². The summed E-state index contributed by atoms with van der Waals surface area (Å²) in [5, 5.41) is 8.67. The zero-order valence-corrected chi connectivity index (χ0v) is 13.4. The van der Waals surface area contributed by atoms with Crippen LogP contribution < -0.4 is 0 Å². The molecule has 0 saturated carbocycles. The van der Waals surface area contributed by atoms with Gasteiger partial charge in [-0.05, 0) is 39.3 Å². The van der Waals surface area contributed by atoms with Crippen LogP contribution in [-0.4, -0.2) is 35.8 Å². The summed E-state index contributed by atoms with van der Waals surface area (Å²) in [6.45, 7) is 6.46. The summed E-state index contributed by atoms with van der Waals surface area (Å²) in [4.78, 5) is 11.9. The first kappa shape index (κ1) is 17.5. The van der Waals surface area contributed by atoms with Crippen molar-refractivity contribution in [3.05, 3.63) is 30.3 Å². The van der Waals surface area contributed by atoms with Gasteiger partial charge in [0, 0.05) is 0 Å². The smallest absolute Gasteiger partial charge is 0.435 e. The topological polar surface area (TPSA) is 83.9 Å². The first-order chi connectivity index (χ1) is 9.59. The van der Waals surface area contributed by atoms with Crippen molar-refractivity contribution in [3.8, 4) is 0 Å². The molecular formula is C14H21NO5S. The second-order valence-corrected chi connectivity index (χ2v) is 7.65. The maximum atomic E-state index is 12.5. The molecule has 0 radical (unpaired) electrons. The van der Waals surface area contributed by atoms with E-state index >= 15 is 0 Å². The molecule has 0 aliphatic heterocycles. The van der Waals surface area contributed by atoms with Crippen LogP contribution in [0.3, 0.4) is 0 Å². The molecule has 0 fully saturated rings. The van der Waals surface area contributed by atoms with Crippen LogP contribution in [0, 0.1) is 0 Å². The van der Waals surface area contributed by atoms with E-state index in [-0.39, 0.29) is 16.4 Å². The lowest BCUT2D eigenvalue weighted by atomic mass is 10.2. The van der Waals surface area contributed by atoms with Crippen molar-refractivity contribution in [3.63, 3.8) is 0 Å². The van der Waals surface area contributed by atoms with Crippen LogP contribution in [-0.2, 0) is 14.6 Å². The van der Waals surface area contributed by atoms with E-state index < -0.39 is 26.9 Å². The predicted octanol–water partition coefficient (Wildman–Crippen LogP) is 2.82. The summed E-state index contributed by atoms with van der Waals surface area (Å²) in [7, 11) is -3.88. The van der Waals surface area contributed by atoms with Gasteiger partial charge >= 0.3 is 6.09 Å². The van der Waals surface area contributed by atoms with Crippen LogP contribution in [0.15, 0.2) is 35.2 Å². The highest BCUT2D eigenvalue weighted by atomic mass is 32.2. The first-order valence-corrected chi connectivity index (χ1v) is 8.14. The molecule has 1 unspecified atom stereocenters. The molecule has 1 aromatic carbocycles. The van der Waals surface area contributed by atoms with Crippen LogP contribution >= 0.6 is 0 Å². The van der Waals surface area contributed by atoms with Crippen molar-refractivity contribution >= 4 is 15.9 Å². The molecule has 0 spiro atoms. The molecule has 1 atom stereocenters. The maximum Gasteiger partial charge on any atom is 0.435 e. The maximum absolute atomic E-state index is 12.5. The van der Waals surface area contributed by atoms with Gasteiger partial charge in [0.15, 0.2) is 5.37 Å². The molecule has 0 aromatic heterocycles. The second kappa shape index (κ2) is 6.44. The number of benzene rings is 1. The Labute approximate surface area is 125 Å². The fourth-order valence-electron chi connectivity index (χ4n) is 1.72. The summed E-state index contributed by atoms with van der Waals surface area (Å²) >= 11 is 0. The number of carbonyl (C=O) groups excluding carboxylic acids is 1. The van der Waals surface area contributed by atoms with E-state index in [1.54, 1.807) is 45.9 Å². The molecule has 6 nitrogen and oxygen atoms in total. The van der Waals surface area contributed by atoms with E-state index in [4.69, 9.17) is 4.74 Å². The fourth-order valence-corrected chi connectivity index (χ4v) is 3.36. The quantitative estimate of drug-likeness (QED) is 0.682. The SMILES string of the molecule is CCC(N(O)C(=O)OC(C)(C)C)S(=O)(=O)c1ccccc1. The molecule has 7 heteroatoms. The van der Waals surface area contributed by atoms with Crippen molar-refractivity contribution in [2.45, 2.75) is 50.0 Å². The zero-order chi connectivity index (χ0) is 16.3. The van der Waals surface area contributed by atoms with Crippen molar-refractivity contribution in [1.82, 2.24) is 5.06 Å². The van der Waals surface area contributed by atoms with E-state index in [9.17, 15) is 18.4 Å². The molecule has 1 amide bonds. The Hall–Kier alpha value is -1.60. The Kier molecular flexibility index (Phi) is 5.36. The molecule has 0 heterocycles. The molecule has 1 aromatic rings. The molecule has 118 valence electrons. The number of rotatable bonds is 4. The summed E-state index contributed by atoms with van der Waals surface area (Å²) in [5.74, 6) is 0. The van der Waals surface area contributed by atoms with Gasteiger partial charge in [-0.25, -0.2) is 13.2 Å². The normalized spacial score (nSPS) is 13.6. The van der Waals surface area contributed by atoms with Crippen molar-refractivity contribution in [2.75, 3.05) is 0 Å². The third-order valence-electron chi connectivity index (χ3n) is 2.63. The molecule has 21 heavy (non-hydrogen) atoms. The van der Waals surface area contributed by atoms with Gasteiger partial charge in [0.2, 0.25) is 9.84 Å². The average molecular weight is 315 g/mol. The highest BCUT2D eigenvalue weighted by molar-refractivity contribution is 7.92. The Balaban J connectivity index is 3.05. The van der Waals surface area contributed by atoms with Gasteiger partial charge in [-0.15, -0.1) is 0 Å². The van der Waals surface area contributed by atoms with Crippen LogP contribution in [0.1, 0.15) is 34.1 Å². The lowest BCUT2D eigenvalue weighted by Gasteiger charge is -2.28. The molecule has 1 N–H and O–H groups in total. The number of nitrogens with zero attached hydrogens (tertiary/aromatic N) is 1. The predicted molar refractivity (Wildman–Crippen MR) is 77.6 cm³/mol. The Morgan fingerprint density at radius 3 is 2.24 bits per heavy atom. The molecule has 0 saturated heterocycles. The molecule has 0 aliphatic rings. The summed E-state index contributed by atoms with van der Waals surface area (Å²) < 4.78 is 29.9. The lowest BCUT2D eigenvalue weighted by Crippen LogP contribution is -2.44. The zero-order valence-electron chi connectivity index (χ0n) is 12.6. The Morgan fingerprint density at radius 2 is 1.81 bits per heavy atom. The minimum Gasteiger partial charge on any atom is -0.442 e. The number of hydrogen-bond donors (Lipinski definition) is 1. The standard InChI is InChI=1S/C14H21NO5S/c1-5-12(15(17)13(16)20-14(2,3)4)21(18,19)11-9-7-6-8-10-11/h6-10,12,17H,5H2,1-4H3. The Morgan fingerprint density at radius 1 is 1.29 bits per heavy atom. The minimum atomic E-state index is -3.88. The van der Waals surface area contributed by atoms with Gasteiger partial charge in [-0.3, -0.25) is 5.21 Å². The highest BCUT2D eigenvalue weighted by Crippen LogP contribution is 2.22. The van der Waals surface area contributed by atoms with Crippen molar-refractivity contribution in [1.29, 1.82) is 0 Å². The van der Waals surface area contributed by atoms with E-state index in [0.29, 0.717) is 0 Å². The van der Waals surface area contributed by atoms with Gasteiger partial charge in [-0.1, -0.05) is 25.1 Å². The molecule has 1 rings (SSSR count). The van der Waals surface area contributed by atoms with E-state index in [1.165, 1.54) is 12.1 Å². The van der Waals surface area contributed by atoms with Gasteiger partial charge in [0.25, 0.3) is 0 Å². The number of amides is 1. The molecular weight excluding hydrogens is 294 g/mol. The minimum absolute atomic E-state index is 0.0347. The van der Waals surface area contributed by atoms with Gasteiger partial charge in [0.1, 0.15) is 5.60 Å². The third kappa shape index (κ3) is 4.44. The van der Waals surface area contributed by atoms with Crippen molar-refractivity contribution < 1.29 is 23.2 Å². The molecule has 0 aliphatic carbocycles. The third-order valence-corrected chi connectivity index (χ3v) is 4.81. The Bertz CT molecular complexity index is 577. The first-order valence-electron chi connectivity index (χ1n) is 6.59. The number of carbonyl (C=O) groups is 1. The number of ether oxygens (including phenoxy) is 1. The number of hydrogen-bond acceptors (Lipinski definition) is 5. The fraction of sp³-hybridized carbons (Fsp3) is 0.500. The number of hydroxylamine groups is 2. The largest absolute Gasteiger partial charge is 0.442 e. The van der Waals surface area contributed by atoms with Gasteiger partial charge in [-0.2, -0.15) is 5.06 Å². The van der Waals surface area contributed by atoms with E-state index in [0.717, 1.165) is 0 Å². The summed E-state index contributed by atoms with van der Waals surface area (Å²) in [6, 6.07) is 7.68. The lowest BCUT2D eigenvalue weighted by molar-refractivity contribution is -0.103. The van der Waals surface area contributed by atoms with Crippen LogP contribution in [0.25, 0.3) is 0 Å². The second-order valence-electron chi connectivity index (χ2n) is 5.55. The van der Waals surface area contributed by atoms with E-state index in [1.807, 2.05) is 0 Å². The number of sulfone groups is 1. The van der Waals surface area contributed by atoms with E-state index in [2.05, 4.69) is 0 Å². The van der Waals surface area contributed by atoms with Gasteiger partial charge < -0.3 is 4.74 Å². The summed E-state index contributed by atoms with van der Waals surface area (Å²) in [5.41, 5.74) is -0.827. The summed E-state index contributed by atoms with van der Waals surface area (Å²) in [6.07, 6.45) is -1.05. The highest BCUT2D eigenvalue weighted by Gasteiger charge is 2.36. The van der Waals surface area contributed by atoms with Gasteiger partial charge in [0.05, 0.1) is 4.90 Å². The van der Waals surface area contributed by atoms with Crippen LogP contribution in [0.4, 0.5) is 4.79 Å².